The number of carbonyl (C=O) groups is 1. The van der Waals surface area contributed by atoms with Gasteiger partial charge in [0.1, 0.15) is 0 Å². The molecular weight excluding hydrogens is 398 g/mol. The monoisotopic (exact) mass is 421 g/mol. The first-order chi connectivity index (χ1) is 14.5. The maximum absolute atomic E-state index is 12.3. The van der Waals surface area contributed by atoms with E-state index in [0.717, 1.165) is 33.3 Å². The van der Waals surface area contributed by atoms with Crippen LogP contribution in [0.1, 0.15) is 28.6 Å². The van der Waals surface area contributed by atoms with Crippen LogP contribution in [-0.2, 0) is 11.2 Å². The number of carbonyl (C=O) groups excluding carboxylic acids is 1. The standard InChI is InChI=1S/C22H23N5O2S/c1-13-7-8-14(2)19(9-13)25-20(28)12-30-22-27-26-21(29-22)17(23)10-15-11-24-18-6-4-3-5-16(15)18/h3-9,11,17,24H,10,12,23H2,1-2H3,(H,25,28)/t17-/m1/s1. The Balaban J connectivity index is 1.34. The van der Waals surface area contributed by atoms with E-state index in [4.69, 9.17) is 10.2 Å². The van der Waals surface area contributed by atoms with Gasteiger partial charge in [0.2, 0.25) is 11.8 Å². The molecular formula is C22H23N5O2S. The van der Waals surface area contributed by atoms with Crippen molar-refractivity contribution in [3.8, 4) is 0 Å². The summed E-state index contributed by atoms with van der Waals surface area (Å²) in [6.07, 6.45) is 2.53. The molecule has 4 aromatic rings. The lowest BCUT2D eigenvalue weighted by Gasteiger charge is -2.08. The van der Waals surface area contributed by atoms with Crippen LogP contribution in [0.5, 0.6) is 0 Å². The SMILES string of the molecule is Cc1ccc(C)c(NC(=O)CSc2nnc([C@H](N)Cc3c[nH]c4ccccc34)o2)c1. The smallest absolute Gasteiger partial charge is 0.277 e. The number of aromatic nitrogens is 3. The number of hydrogen-bond donors (Lipinski definition) is 3. The van der Waals surface area contributed by atoms with E-state index >= 15 is 0 Å². The molecule has 1 amide bonds. The first-order valence-corrected chi connectivity index (χ1v) is 10.6. The zero-order chi connectivity index (χ0) is 21.1. The molecule has 4 N–H and O–H groups in total. The van der Waals surface area contributed by atoms with Crippen molar-refractivity contribution in [2.45, 2.75) is 31.5 Å². The summed E-state index contributed by atoms with van der Waals surface area (Å²) in [5.41, 5.74) is 11.4. The fraction of sp³-hybridized carbons (Fsp3) is 0.227. The Bertz CT molecular complexity index is 1180. The van der Waals surface area contributed by atoms with Crippen molar-refractivity contribution in [3.63, 3.8) is 0 Å². The Morgan fingerprint density at radius 2 is 2.07 bits per heavy atom. The van der Waals surface area contributed by atoms with Gasteiger partial charge in [-0.1, -0.05) is 42.1 Å². The molecule has 4 rings (SSSR count). The van der Waals surface area contributed by atoms with E-state index in [9.17, 15) is 4.79 Å². The Morgan fingerprint density at radius 1 is 1.23 bits per heavy atom. The number of rotatable bonds is 7. The van der Waals surface area contributed by atoms with Gasteiger partial charge in [-0.15, -0.1) is 10.2 Å². The summed E-state index contributed by atoms with van der Waals surface area (Å²) in [6.45, 7) is 3.95. The lowest BCUT2D eigenvalue weighted by Crippen LogP contribution is -2.15. The Kier molecular flexibility index (Phi) is 5.87. The topological polar surface area (TPSA) is 110 Å². The Hall–Kier alpha value is -3.10. The molecule has 0 aliphatic heterocycles. The number of nitrogens with one attached hydrogen (secondary N) is 2. The van der Waals surface area contributed by atoms with Crippen LogP contribution >= 0.6 is 11.8 Å². The summed E-state index contributed by atoms with van der Waals surface area (Å²) < 4.78 is 5.68. The number of thioether (sulfide) groups is 1. The first-order valence-electron chi connectivity index (χ1n) is 9.63. The maximum atomic E-state index is 12.3. The number of aryl methyl sites for hydroxylation is 2. The van der Waals surface area contributed by atoms with Gasteiger partial charge in [0.05, 0.1) is 11.8 Å². The second kappa shape index (κ2) is 8.73. The van der Waals surface area contributed by atoms with Gasteiger partial charge in [0.15, 0.2) is 0 Å². The number of aromatic amines is 1. The highest BCUT2D eigenvalue weighted by molar-refractivity contribution is 7.99. The quantitative estimate of drug-likeness (QED) is 0.387. The third kappa shape index (κ3) is 4.55. The van der Waals surface area contributed by atoms with E-state index in [2.05, 4.69) is 26.6 Å². The molecule has 0 unspecified atom stereocenters. The molecule has 1 atom stereocenters. The predicted molar refractivity (Wildman–Crippen MR) is 118 cm³/mol. The van der Waals surface area contributed by atoms with E-state index in [1.165, 1.54) is 11.8 Å². The number of benzene rings is 2. The Morgan fingerprint density at radius 3 is 2.93 bits per heavy atom. The molecule has 8 heteroatoms. The van der Waals surface area contributed by atoms with E-state index in [-0.39, 0.29) is 11.7 Å². The van der Waals surface area contributed by atoms with Crippen LogP contribution < -0.4 is 11.1 Å². The number of anilines is 1. The average Bonchev–Trinajstić information content (AvgIpc) is 3.37. The highest BCUT2D eigenvalue weighted by Crippen LogP contribution is 2.25. The van der Waals surface area contributed by atoms with Gasteiger partial charge in [-0.05, 0) is 49.1 Å². The van der Waals surface area contributed by atoms with E-state index in [0.29, 0.717) is 17.5 Å². The lowest BCUT2D eigenvalue weighted by molar-refractivity contribution is -0.113. The second-order valence-electron chi connectivity index (χ2n) is 7.23. The van der Waals surface area contributed by atoms with Crippen molar-refractivity contribution in [2.24, 2.45) is 5.73 Å². The van der Waals surface area contributed by atoms with Gasteiger partial charge in [-0.2, -0.15) is 0 Å². The zero-order valence-electron chi connectivity index (χ0n) is 16.8. The van der Waals surface area contributed by atoms with Crippen LogP contribution in [-0.4, -0.2) is 26.8 Å². The normalized spacial score (nSPS) is 12.2. The van der Waals surface area contributed by atoms with Crippen LogP contribution in [0.3, 0.4) is 0 Å². The van der Waals surface area contributed by atoms with Crippen LogP contribution in [0.4, 0.5) is 5.69 Å². The summed E-state index contributed by atoms with van der Waals surface area (Å²) >= 11 is 1.19. The zero-order valence-corrected chi connectivity index (χ0v) is 17.6. The van der Waals surface area contributed by atoms with Crippen LogP contribution in [0.2, 0.25) is 0 Å². The number of nitrogens with zero attached hydrogens (tertiary/aromatic N) is 2. The van der Waals surface area contributed by atoms with Crippen molar-refractivity contribution in [1.82, 2.24) is 15.2 Å². The van der Waals surface area contributed by atoms with Gasteiger partial charge in [-0.3, -0.25) is 4.79 Å². The van der Waals surface area contributed by atoms with Crippen molar-refractivity contribution in [2.75, 3.05) is 11.1 Å². The third-order valence-corrected chi connectivity index (χ3v) is 5.67. The minimum atomic E-state index is -0.421. The summed E-state index contributed by atoms with van der Waals surface area (Å²) in [5, 5.41) is 12.5. The van der Waals surface area contributed by atoms with Gasteiger partial charge < -0.3 is 20.5 Å². The number of H-pyrrole nitrogens is 1. The van der Waals surface area contributed by atoms with Crippen molar-refractivity contribution < 1.29 is 9.21 Å². The summed E-state index contributed by atoms with van der Waals surface area (Å²) in [4.78, 5) is 15.5. The van der Waals surface area contributed by atoms with Crippen LogP contribution in [0, 0.1) is 13.8 Å². The lowest BCUT2D eigenvalue weighted by atomic mass is 10.1. The third-order valence-electron chi connectivity index (χ3n) is 4.85. The summed E-state index contributed by atoms with van der Waals surface area (Å²) in [6, 6.07) is 13.6. The van der Waals surface area contributed by atoms with Crippen molar-refractivity contribution in [1.29, 1.82) is 0 Å². The average molecular weight is 422 g/mol. The molecule has 0 radical (unpaired) electrons. The molecule has 2 aromatic heterocycles. The Labute approximate surface area is 178 Å². The van der Waals surface area contributed by atoms with Crippen molar-refractivity contribution >= 4 is 34.3 Å². The van der Waals surface area contributed by atoms with Gasteiger partial charge in [0, 0.05) is 22.8 Å². The van der Waals surface area contributed by atoms with Crippen LogP contribution in [0.15, 0.2) is 58.3 Å². The van der Waals surface area contributed by atoms with E-state index in [1.807, 2.05) is 56.4 Å². The maximum Gasteiger partial charge on any atom is 0.277 e. The highest BCUT2D eigenvalue weighted by atomic mass is 32.2. The summed E-state index contributed by atoms with van der Waals surface area (Å²) in [7, 11) is 0. The molecule has 0 spiro atoms. The number of nitrogens with two attached hydrogens (primary N) is 1. The molecule has 0 aliphatic carbocycles. The number of fused-ring (bicyclic) bond motifs is 1. The molecule has 30 heavy (non-hydrogen) atoms. The number of amides is 1. The fourth-order valence-electron chi connectivity index (χ4n) is 3.24. The molecule has 7 nitrogen and oxygen atoms in total. The molecule has 0 saturated heterocycles. The minimum absolute atomic E-state index is 0.128. The largest absolute Gasteiger partial charge is 0.414 e. The molecule has 154 valence electrons. The molecule has 0 fully saturated rings. The van der Waals surface area contributed by atoms with Gasteiger partial charge in [-0.25, -0.2) is 0 Å². The fourth-order valence-corrected chi connectivity index (χ4v) is 3.81. The molecule has 2 aromatic carbocycles. The minimum Gasteiger partial charge on any atom is -0.414 e. The molecule has 2 heterocycles. The van der Waals surface area contributed by atoms with E-state index < -0.39 is 6.04 Å². The number of hydrogen-bond acceptors (Lipinski definition) is 6. The van der Waals surface area contributed by atoms with Gasteiger partial charge >= 0.3 is 0 Å². The number of para-hydroxylation sites is 1. The van der Waals surface area contributed by atoms with E-state index in [1.54, 1.807) is 0 Å². The van der Waals surface area contributed by atoms with Crippen molar-refractivity contribution in [3.05, 3.63) is 71.2 Å². The second-order valence-corrected chi connectivity index (χ2v) is 8.16. The first kappa shape index (κ1) is 20.2. The summed E-state index contributed by atoms with van der Waals surface area (Å²) in [5.74, 6) is 0.404. The highest BCUT2D eigenvalue weighted by Gasteiger charge is 2.18. The van der Waals surface area contributed by atoms with Gasteiger partial charge in [0.25, 0.3) is 5.22 Å². The molecule has 0 aliphatic rings. The van der Waals surface area contributed by atoms with Crippen LogP contribution in [0.25, 0.3) is 10.9 Å². The predicted octanol–water partition coefficient (Wildman–Crippen LogP) is 4.14. The molecule has 0 bridgehead atoms. The molecule has 0 saturated carbocycles.